The molecule has 0 aromatic heterocycles. The maximum Gasteiger partial charge on any atom is -0.00331 e. The van der Waals surface area contributed by atoms with Gasteiger partial charge in [-0.15, -0.1) is 0 Å². The van der Waals surface area contributed by atoms with Crippen LogP contribution in [0.1, 0.15) is 141 Å². The SMILES string of the molecule is CCCCCCCCCCC1=C(CCCCCCCCCC)c2cccc3cccc1c23. The smallest absolute Gasteiger partial charge is 0.00331 e. The van der Waals surface area contributed by atoms with Crippen molar-refractivity contribution < 1.29 is 0 Å². The fourth-order valence-electron chi connectivity index (χ4n) is 5.61. The molecule has 0 atom stereocenters. The molecule has 0 nitrogen and oxygen atoms in total. The third kappa shape index (κ3) is 7.23. The summed E-state index contributed by atoms with van der Waals surface area (Å²) in [5, 5.41) is 2.97. The van der Waals surface area contributed by atoms with E-state index in [2.05, 4.69) is 50.2 Å². The van der Waals surface area contributed by atoms with Crippen LogP contribution < -0.4 is 0 Å². The van der Waals surface area contributed by atoms with Crippen molar-refractivity contribution in [1.29, 1.82) is 0 Å². The first-order valence-electron chi connectivity index (χ1n) is 14.1. The first-order chi connectivity index (χ1) is 15.9. The van der Waals surface area contributed by atoms with E-state index in [9.17, 15) is 0 Å². The Morgan fingerprint density at radius 2 is 0.812 bits per heavy atom. The summed E-state index contributed by atoms with van der Waals surface area (Å²) in [7, 11) is 0. The monoisotopic (exact) mass is 432 g/mol. The number of hydrogen-bond acceptors (Lipinski definition) is 0. The second kappa shape index (κ2) is 14.6. The second-order valence-corrected chi connectivity index (χ2v) is 10.1. The van der Waals surface area contributed by atoms with Crippen molar-refractivity contribution in [2.24, 2.45) is 0 Å². The average Bonchev–Trinajstić information content (AvgIpc) is 3.12. The Morgan fingerprint density at radius 1 is 0.438 bits per heavy atom. The molecule has 0 fully saturated rings. The first-order valence-corrected chi connectivity index (χ1v) is 14.1. The molecule has 2 aromatic carbocycles. The number of rotatable bonds is 18. The zero-order chi connectivity index (χ0) is 22.4. The average molecular weight is 433 g/mol. The highest BCUT2D eigenvalue weighted by atomic mass is 14.3. The van der Waals surface area contributed by atoms with Crippen molar-refractivity contribution in [1.82, 2.24) is 0 Å². The molecular weight excluding hydrogens is 384 g/mol. The Balaban J connectivity index is 1.54. The summed E-state index contributed by atoms with van der Waals surface area (Å²) in [5.74, 6) is 0. The molecule has 1 aliphatic rings. The van der Waals surface area contributed by atoms with E-state index >= 15 is 0 Å². The minimum absolute atomic E-state index is 1.27. The highest BCUT2D eigenvalue weighted by Gasteiger charge is 2.22. The van der Waals surface area contributed by atoms with Crippen molar-refractivity contribution in [3.05, 3.63) is 47.5 Å². The summed E-state index contributed by atoms with van der Waals surface area (Å²) in [5.41, 5.74) is 6.47. The molecule has 2 aromatic rings. The van der Waals surface area contributed by atoms with Gasteiger partial charge in [0.15, 0.2) is 0 Å². The van der Waals surface area contributed by atoms with Gasteiger partial charge in [-0.05, 0) is 58.7 Å². The molecule has 3 rings (SSSR count). The summed E-state index contributed by atoms with van der Waals surface area (Å²) in [4.78, 5) is 0. The number of hydrogen-bond donors (Lipinski definition) is 0. The fourth-order valence-corrected chi connectivity index (χ4v) is 5.61. The quantitative estimate of drug-likeness (QED) is 0.205. The molecule has 0 radical (unpaired) electrons. The van der Waals surface area contributed by atoms with Crippen LogP contribution in [0.5, 0.6) is 0 Å². The summed E-state index contributed by atoms with van der Waals surface area (Å²) < 4.78 is 0. The van der Waals surface area contributed by atoms with E-state index in [1.165, 1.54) is 121 Å². The fraction of sp³-hybridized carbons (Fsp3) is 0.625. The van der Waals surface area contributed by atoms with Crippen LogP contribution in [-0.4, -0.2) is 0 Å². The van der Waals surface area contributed by atoms with Gasteiger partial charge >= 0.3 is 0 Å². The van der Waals surface area contributed by atoms with Gasteiger partial charge in [-0.25, -0.2) is 0 Å². The van der Waals surface area contributed by atoms with E-state index in [0.29, 0.717) is 0 Å². The largest absolute Gasteiger partial charge is 0.0654 e. The van der Waals surface area contributed by atoms with Crippen LogP contribution >= 0.6 is 0 Å². The molecule has 0 aliphatic heterocycles. The van der Waals surface area contributed by atoms with Gasteiger partial charge in [-0.1, -0.05) is 140 Å². The maximum absolute atomic E-state index is 2.40. The highest BCUT2D eigenvalue weighted by molar-refractivity contribution is 6.13. The second-order valence-electron chi connectivity index (χ2n) is 10.1. The molecule has 0 heterocycles. The zero-order valence-electron chi connectivity index (χ0n) is 21.2. The Morgan fingerprint density at radius 3 is 1.22 bits per heavy atom. The van der Waals surface area contributed by atoms with E-state index < -0.39 is 0 Å². The normalized spacial score (nSPS) is 12.9. The van der Waals surface area contributed by atoms with Crippen LogP contribution in [0.15, 0.2) is 36.4 Å². The van der Waals surface area contributed by atoms with Crippen LogP contribution in [0.4, 0.5) is 0 Å². The van der Waals surface area contributed by atoms with Crippen molar-refractivity contribution in [3.8, 4) is 0 Å². The molecule has 32 heavy (non-hydrogen) atoms. The van der Waals surface area contributed by atoms with Gasteiger partial charge in [0.25, 0.3) is 0 Å². The molecule has 0 amide bonds. The molecular formula is C32H48. The molecule has 0 spiro atoms. The van der Waals surface area contributed by atoms with Crippen LogP contribution in [0.2, 0.25) is 0 Å². The van der Waals surface area contributed by atoms with Crippen LogP contribution in [-0.2, 0) is 0 Å². The van der Waals surface area contributed by atoms with Crippen molar-refractivity contribution in [3.63, 3.8) is 0 Å². The third-order valence-electron chi connectivity index (χ3n) is 7.48. The number of allylic oxidation sites excluding steroid dienone is 2. The number of benzene rings is 2. The first kappa shape index (κ1) is 25.1. The van der Waals surface area contributed by atoms with E-state index in [4.69, 9.17) is 0 Å². The molecule has 1 aliphatic carbocycles. The van der Waals surface area contributed by atoms with Crippen molar-refractivity contribution >= 4 is 21.9 Å². The minimum Gasteiger partial charge on any atom is -0.0654 e. The summed E-state index contributed by atoms with van der Waals surface area (Å²) in [6.07, 6.45) is 25.0. The van der Waals surface area contributed by atoms with Gasteiger partial charge in [-0.3, -0.25) is 0 Å². The minimum atomic E-state index is 1.27. The lowest BCUT2D eigenvalue weighted by molar-refractivity contribution is 0.577. The van der Waals surface area contributed by atoms with Gasteiger partial charge < -0.3 is 0 Å². The Bertz CT molecular complexity index is 760. The molecule has 0 N–H and O–H groups in total. The van der Waals surface area contributed by atoms with Gasteiger partial charge in [0, 0.05) is 0 Å². The summed E-state index contributed by atoms with van der Waals surface area (Å²) >= 11 is 0. The van der Waals surface area contributed by atoms with E-state index in [-0.39, 0.29) is 0 Å². The van der Waals surface area contributed by atoms with Gasteiger partial charge in [-0.2, -0.15) is 0 Å². The molecule has 0 saturated heterocycles. The van der Waals surface area contributed by atoms with Crippen molar-refractivity contribution in [2.75, 3.05) is 0 Å². The summed E-state index contributed by atoms with van der Waals surface area (Å²) in [6, 6.07) is 13.9. The topological polar surface area (TPSA) is 0 Å². The lowest BCUT2D eigenvalue weighted by atomic mass is 9.94. The Labute approximate surface area is 198 Å². The number of unbranched alkanes of at least 4 members (excludes halogenated alkanes) is 14. The predicted molar refractivity (Wildman–Crippen MR) is 145 cm³/mol. The van der Waals surface area contributed by atoms with Crippen molar-refractivity contribution in [2.45, 2.75) is 129 Å². The van der Waals surface area contributed by atoms with Crippen LogP contribution in [0.25, 0.3) is 21.9 Å². The standard InChI is InChI=1S/C32H48/c1-3-5-7-9-11-13-15-17-23-28-29(24-18-16-14-12-10-8-6-4-2)31-26-20-22-27-21-19-25-30(28)32(27)31/h19-22,25-26H,3-18,23-24H2,1-2H3. The molecule has 0 bridgehead atoms. The van der Waals surface area contributed by atoms with Crippen LogP contribution in [0.3, 0.4) is 0 Å². The van der Waals surface area contributed by atoms with E-state index in [1.807, 2.05) is 0 Å². The summed E-state index contributed by atoms with van der Waals surface area (Å²) in [6.45, 7) is 4.61. The van der Waals surface area contributed by atoms with Crippen LogP contribution in [0, 0.1) is 0 Å². The third-order valence-corrected chi connectivity index (χ3v) is 7.48. The van der Waals surface area contributed by atoms with E-state index in [0.717, 1.165) is 0 Å². The maximum atomic E-state index is 2.40. The van der Waals surface area contributed by atoms with Gasteiger partial charge in [0.1, 0.15) is 0 Å². The zero-order valence-corrected chi connectivity index (χ0v) is 21.2. The van der Waals surface area contributed by atoms with Gasteiger partial charge in [0.2, 0.25) is 0 Å². The lowest BCUT2D eigenvalue weighted by Crippen LogP contribution is -1.89. The molecule has 176 valence electrons. The highest BCUT2D eigenvalue weighted by Crippen LogP contribution is 2.46. The lowest BCUT2D eigenvalue weighted by Gasteiger charge is -2.11. The van der Waals surface area contributed by atoms with Gasteiger partial charge in [0.05, 0.1) is 0 Å². The molecule has 0 heteroatoms. The Hall–Kier alpha value is -1.56. The Kier molecular flexibility index (Phi) is 11.4. The van der Waals surface area contributed by atoms with E-state index in [1.54, 1.807) is 27.7 Å². The molecule has 0 unspecified atom stereocenters. The predicted octanol–water partition coefficient (Wildman–Crippen LogP) is 11.1. The molecule has 0 saturated carbocycles.